The molecule has 0 aliphatic heterocycles. The van der Waals surface area contributed by atoms with Gasteiger partial charge < -0.3 is 19.8 Å². The monoisotopic (exact) mass is 357 g/mol. The van der Waals surface area contributed by atoms with Crippen molar-refractivity contribution in [2.24, 2.45) is 0 Å². The van der Waals surface area contributed by atoms with Gasteiger partial charge in [0.2, 0.25) is 11.8 Å². The summed E-state index contributed by atoms with van der Waals surface area (Å²) in [6.07, 6.45) is 9.07. The van der Waals surface area contributed by atoms with Crippen LogP contribution in [0.25, 0.3) is 0 Å². The number of ether oxygens (including phenoxy) is 1. The Hall–Kier alpha value is -2.83. The maximum atomic E-state index is 12.3. The maximum absolute atomic E-state index is 12.3. The third kappa shape index (κ3) is 4.62. The predicted octanol–water partition coefficient (Wildman–Crippen LogP) is 2.43. The molecule has 0 aromatic carbocycles. The zero-order chi connectivity index (χ0) is 18.4. The first-order valence-electron chi connectivity index (χ1n) is 8.85. The molecule has 26 heavy (non-hydrogen) atoms. The molecule has 1 aliphatic carbocycles. The molecular weight excluding hydrogens is 334 g/mol. The van der Waals surface area contributed by atoms with E-state index < -0.39 is 6.04 Å². The van der Waals surface area contributed by atoms with E-state index in [0.717, 1.165) is 18.4 Å². The summed E-state index contributed by atoms with van der Waals surface area (Å²) in [5, 5.41) is 5.45. The van der Waals surface area contributed by atoms with E-state index in [9.17, 15) is 9.59 Å². The van der Waals surface area contributed by atoms with Crippen LogP contribution >= 0.6 is 0 Å². The van der Waals surface area contributed by atoms with Gasteiger partial charge in [-0.2, -0.15) is 0 Å². The van der Waals surface area contributed by atoms with Crippen molar-refractivity contribution in [1.82, 2.24) is 15.6 Å². The van der Waals surface area contributed by atoms with E-state index in [1.807, 2.05) is 12.1 Å². The first kappa shape index (κ1) is 18.0. The molecule has 2 aromatic heterocycles. The number of carbonyl (C=O) groups is 2. The summed E-state index contributed by atoms with van der Waals surface area (Å²) in [5.74, 6) is -0.0691. The summed E-state index contributed by atoms with van der Waals surface area (Å²) in [4.78, 5) is 28.5. The average molecular weight is 357 g/mol. The van der Waals surface area contributed by atoms with Gasteiger partial charge in [-0.25, -0.2) is 4.98 Å². The molecule has 1 aliphatic rings. The molecule has 2 heterocycles. The minimum Gasteiger partial charge on any atom is -0.474 e. The number of hydrogen-bond donors (Lipinski definition) is 2. The fraction of sp³-hybridized carbons (Fsp3) is 0.421. The van der Waals surface area contributed by atoms with E-state index in [2.05, 4.69) is 15.6 Å². The molecule has 0 unspecified atom stereocenters. The second-order valence-electron chi connectivity index (χ2n) is 6.42. The number of amides is 2. The van der Waals surface area contributed by atoms with E-state index in [4.69, 9.17) is 9.15 Å². The zero-order valence-electron chi connectivity index (χ0n) is 14.7. The molecule has 1 atom stereocenters. The summed E-state index contributed by atoms with van der Waals surface area (Å²) < 4.78 is 10.8. The van der Waals surface area contributed by atoms with Crippen LogP contribution in [0.15, 0.2) is 41.3 Å². The van der Waals surface area contributed by atoms with Crippen LogP contribution in [0, 0.1) is 0 Å². The molecule has 3 rings (SSSR count). The molecule has 1 saturated carbocycles. The van der Waals surface area contributed by atoms with E-state index >= 15 is 0 Å². The molecular formula is C19H23N3O4. The SMILES string of the molecule is C[C@H](NC(=O)c1ccoc1)C(=O)NCc1cccnc1OC1CCCC1. The number of aromatic nitrogens is 1. The van der Waals surface area contributed by atoms with Crippen molar-refractivity contribution in [2.75, 3.05) is 0 Å². The van der Waals surface area contributed by atoms with Crippen molar-refractivity contribution in [3.63, 3.8) is 0 Å². The Morgan fingerprint density at radius 1 is 1.35 bits per heavy atom. The van der Waals surface area contributed by atoms with Crippen LogP contribution in [0.1, 0.15) is 48.5 Å². The summed E-state index contributed by atoms with van der Waals surface area (Å²) in [5.41, 5.74) is 1.20. The van der Waals surface area contributed by atoms with Crippen molar-refractivity contribution in [3.8, 4) is 5.88 Å². The Labute approximate surface area is 152 Å². The van der Waals surface area contributed by atoms with Gasteiger partial charge in [0.25, 0.3) is 5.91 Å². The van der Waals surface area contributed by atoms with E-state index in [1.54, 1.807) is 19.2 Å². The van der Waals surface area contributed by atoms with Crippen molar-refractivity contribution >= 4 is 11.8 Å². The Morgan fingerprint density at radius 3 is 2.88 bits per heavy atom. The number of rotatable bonds is 7. The largest absolute Gasteiger partial charge is 0.474 e. The number of nitrogens with zero attached hydrogens (tertiary/aromatic N) is 1. The summed E-state index contributed by atoms with van der Waals surface area (Å²) in [6.45, 7) is 1.92. The second-order valence-corrected chi connectivity index (χ2v) is 6.42. The normalized spacial score (nSPS) is 15.4. The number of furan rings is 1. The Kier molecular flexibility index (Phi) is 5.88. The summed E-state index contributed by atoms with van der Waals surface area (Å²) >= 11 is 0. The van der Waals surface area contributed by atoms with Gasteiger partial charge in [-0.15, -0.1) is 0 Å². The Bertz CT molecular complexity index is 739. The van der Waals surface area contributed by atoms with Crippen LogP contribution in [-0.4, -0.2) is 28.9 Å². The fourth-order valence-corrected chi connectivity index (χ4v) is 2.90. The van der Waals surface area contributed by atoms with Crippen LogP contribution in [0.5, 0.6) is 5.88 Å². The van der Waals surface area contributed by atoms with Crippen molar-refractivity contribution in [2.45, 2.75) is 51.3 Å². The highest BCUT2D eigenvalue weighted by Gasteiger charge is 2.20. The summed E-state index contributed by atoms with van der Waals surface area (Å²) in [6, 6.07) is 4.56. The van der Waals surface area contributed by atoms with Gasteiger partial charge in [-0.05, 0) is 44.7 Å². The summed E-state index contributed by atoms with van der Waals surface area (Å²) in [7, 11) is 0. The molecule has 2 aromatic rings. The van der Waals surface area contributed by atoms with Crippen LogP contribution < -0.4 is 15.4 Å². The zero-order valence-corrected chi connectivity index (χ0v) is 14.7. The van der Waals surface area contributed by atoms with Crippen LogP contribution in [0.3, 0.4) is 0 Å². The van der Waals surface area contributed by atoms with Crippen LogP contribution in [-0.2, 0) is 11.3 Å². The van der Waals surface area contributed by atoms with Gasteiger partial charge in [0, 0.05) is 18.3 Å². The number of carbonyl (C=O) groups excluding carboxylic acids is 2. The third-order valence-electron chi connectivity index (χ3n) is 4.41. The highest BCUT2D eigenvalue weighted by atomic mass is 16.5. The van der Waals surface area contributed by atoms with Crippen LogP contribution in [0.2, 0.25) is 0 Å². The molecule has 7 nitrogen and oxygen atoms in total. The molecule has 0 bridgehead atoms. The third-order valence-corrected chi connectivity index (χ3v) is 4.41. The highest BCUT2D eigenvalue weighted by Crippen LogP contribution is 2.24. The second kappa shape index (κ2) is 8.51. The molecule has 2 N–H and O–H groups in total. The maximum Gasteiger partial charge on any atom is 0.255 e. The minimum atomic E-state index is -0.673. The predicted molar refractivity (Wildman–Crippen MR) is 94.6 cm³/mol. The van der Waals surface area contributed by atoms with E-state index in [1.165, 1.54) is 25.4 Å². The van der Waals surface area contributed by atoms with Crippen LogP contribution in [0.4, 0.5) is 0 Å². The smallest absolute Gasteiger partial charge is 0.255 e. The van der Waals surface area contributed by atoms with Gasteiger partial charge in [0.15, 0.2) is 0 Å². The topological polar surface area (TPSA) is 93.5 Å². The molecule has 2 amide bonds. The molecule has 0 saturated heterocycles. The Balaban J connectivity index is 1.53. The lowest BCUT2D eigenvalue weighted by Crippen LogP contribution is -2.44. The lowest BCUT2D eigenvalue weighted by atomic mass is 10.2. The van der Waals surface area contributed by atoms with Crippen molar-refractivity contribution in [3.05, 3.63) is 48.0 Å². The van der Waals surface area contributed by atoms with Gasteiger partial charge >= 0.3 is 0 Å². The first-order chi connectivity index (χ1) is 12.6. The molecule has 138 valence electrons. The average Bonchev–Trinajstić information content (AvgIpc) is 3.34. The molecule has 7 heteroatoms. The number of pyridine rings is 1. The number of hydrogen-bond acceptors (Lipinski definition) is 5. The lowest BCUT2D eigenvalue weighted by molar-refractivity contribution is -0.122. The fourth-order valence-electron chi connectivity index (χ4n) is 2.90. The van der Waals surface area contributed by atoms with Crippen molar-refractivity contribution < 1.29 is 18.7 Å². The first-order valence-corrected chi connectivity index (χ1v) is 8.85. The van der Waals surface area contributed by atoms with E-state index in [-0.39, 0.29) is 17.9 Å². The van der Waals surface area contributed by atoms with Crippen molar-refractivity contribution in [1.29, 1.82) is 0 Å². The molecule has 0 radical (unpaired) electrons. The lowest BCUT2D eigenvalue weighted by Gasteiger charge is -2.17. The highest BCUT2D eigenvalue weighted by molar-refractivity contribution is 5.97. The van der Waals surface area contributed by atoms with E-state index in [0.29, 0.717) is 18.0 Å². The van der Waals surface area contributed by atoms with Gasteiger partial charge in [-0.3, -0.25) is 9.59 Å². The van der Waals surface area contributed by atoms with Gasteiger partial charge in [0.1, 0.15) is 18.4 Å². The standard InChI is InChI=1S/C19H23N3O4/c1-13(22-18(24)15-8-10-25-12-15)17(23)21-11-14-5-4-9-20-19(14)26-16-6-2-3-7-16/h4-5,8-10,12-13,16H,2-3,6-7,11H2,1H3,(H,21,23)(H,22,24)/t13-/m0/s1. The minimum absolute atomic E-state index is 0.201. The number of nitrogens with one attached hydrogen (secondary N) is 2. The van der Waals surface area contributed by atoms with Gasteiger partial charge in [0.05, 0.1) is 11.8 Å². The van der Waals surface area contributed by atoms with Gasteiger partial charge in [-0.1, -0.05) is 6.07 Å². The quantitative estimate of drug-likeness (QED) is 0.794. The molecule has 0 spiro atoms. The Morgan fingerprint density at radius 2 is 2.15 bits per heavy atom. The molecule has 1 fully saturated rings.